The maximum Gasteiger partial charge on any atom is 0.331 e. The Morgan fingerprint density at radius 3 is 2.61 bits per heavy atom. The monoisotopic (exact) mass is 248 g/mol. The maximum atomic E-state index is 12.1. The second-order valence-corrected chi connectivity index (χ2v) is 3.96. The molecule has 0 radical (unpaired) electrons. The number of aromatic nitrogens is 2. The Labute approximate surface area is 102 Å². The Morgan fingerprint density at radius 2 is 1.94 bits per heavy atom. The second kappa shape index (κ2) is 4.48. The van der Waals surface area contributed by atoms with Crippen LogP contribution in [0, 0.1) is 0 Å². The first-order chi connectivity index (χ1) is 8.52. The van der Waals surface area contributed by atoms with Crippen molar-refractivity contribution in [3.63, 3.8) is 0 Å². The van der Waals surface area contributed by atoms with Gasteiger partial charge in [0, 0.05) is 13.6 Å². The van der Waals surface area contributed by atoms with Gasteiger partial charge in [0.25, 0.3) is 5.56 Å². The molecule has 0 saturated carbocycles. The van der Waals surface area contributed by atoms with E-state index in [1.165, 1.54) is 4.57 Å². The van der Waals surface area contributed by atoms with Crippen molar-refractivity contribution in [2.24, 2.45) is 7.05 Å². The van der Waals surface area contributed by atoms with Crippen LogP contribution in [0.2, 0.25) is 0 Å². The summed E-state index contributed by atoms with van der Waals surface area (Å²) in [6, 6.07) is 6.74. The first-order valence-electron chi connectivity index (χ1n) is 5.42. The molecule has 1 aromatic heterocycles. The highest BCUT2D eigenvalue weighted by atomic mass is 16.4. The lowest BCUT2D eigenvalue weighted by molar-refractivity contribution is -0.137. The van der Waals surface area contributed by atoms with Crippen molar-refractivity contribution in [3.8, 4) is 0 Å². The van der Waals surface area contributed by atoms with Gasteiger partial charge in [-0.1, -0.05) is 12.1 Å². The summed E-state index contributed by atoms with van der Waals surface area (Å²) >= 11 is 0. The number of aliphatic carboxylic acids is 1. The quantitative estimate of drug-likeness (QED) is 0.839. The van der Waals surface area contributed by atoms with Crippen LogP contribution in [0.3, 0.4) is 0 Å². The molecule has 0 aliphatic carbocycles. The third-order valence-corrected chi connectivity index (χ3v) is 2.81. The number of carboxylic acids is 1. The van der Waals surface area contributed by atoms with Crippen LogP contribution < -0.4 is 11.2 Å². The molecule has 0 bridgehead atoms. The van der Waals surface area contributed by atoms with Gasteiger partial charge in [-0.2, -0.15) is 0 Å². The summed E-state index contributed by atoms with van der Waals surface area (Å²) in [5, 5.41) is 9.02. The van der Waals surface area contributed by atoms with Crippen LogP contribution in [-0.2, 0) is 18.4 Å². The van der Waals surface area contributed by atoms with Crippen LogP contribution in [-0.4, -0.2) is 20.2 Å². The zero-order chi connectivity index (χ0) is 13.3. The van der Waals surface area contributed by atoms with Crippen LogP contribution in [0.15, 0.2) is 33.9 Å². The smallest absolute Gasteiger partial charge is 0.331 e. The van der Waals surface area contributed by atoms with Gasteiger partial charge >= 0.3 is 11.7 Å². The van der Waals surface area contributed by atoms with E-state index in [1.807, 2.05) is 0 Å². The molecule has 0 aliphatic rings. The number of hydrogen-bond donors (Lipinski definition) is 1. The number of carbonyl (C=O) groups is 1. The maximum absolute atomic E-state index is 12.1. The third kappa shape index (κ3) is 1.92. The number of hydrogen-bond acceptors (Lipinski definition) is 3. The number of nitrogens with zero attached hydrogens (tertiary/aromatic N) is 2. The van der Waals surface area contributed by atoms with Crippen LogP contribution in [0.1, 0.15) is 6.42 Å². The zero-order valence-electron chi connectivity index (χ0n) is 9.79. The Bertz CT molecular complexity index is 727. The molecule has 94 valence electrons. The van der Waals surface area contributed by atoms with Crippen molar-refractivity contribution in [1.29, 1.82) is 0 Å². The number of rotatable bonds is 3. The normalized spacial score (nSPS) is 10.7. The van der Waals surface area contributed by atoms with E-state index >= 15 is 0 Å². The van der Waals surface area contributed by atoms with Crippen molar-refractivity contribution < 1.29 is 9.90 Å². The number of benzene rings is 1. The lowest BCUT2D eigenvalue weighted by Crippen LogP contribution is -2.39. The highest BCUT2D eigenvalue weighted by Gasteiger charge is 2.11. The van der Waals surface area contributed by atoms with Crippen LogP contribution >= 0.6 is 0 Å². The summed E-state index contributed by atoms with van der Waals surface area (Å²) in [4.78, 5) is 34.5. The minimum absolute atomic E-state index is 0.119. The molecule has 6 heteroatoms. The largest absolute Gasteiger partial charge is 0.481 e. The summed E-state index contributed by atoms with van der Waals surface area (Å²) < 4.78 is 2.30. The molecular weight excluding hydrogens is 236 g/mol. The molecule has 1 aromatic carbocycles. The SMILES string of the molecule is Cn1c(=O)n(CCC(=O)O)c(=O)c2ccccc21. The highest BCUT2D eigenvalue weighted by molar-refractivity contribution is 5.77. The van der Waals surface area contributed by atoms with E-state index in [-0.39, 0.29) is 13.0 Å². The van der Waals surface area contributed by atoms with Gasteiger partial charge < -0.3 is 5.11 Å². The van der Waals surface area contributed by atoms with E-state index in [0.717, 1.165) is 4.57 Å². The molecule has 0 fully saturated rings. The van der Waals surface area contributed by atoms with E-state index in [1.54, 1.807) is 31.3 Å². The van der Waals surface area contributed by atoms with Gasteiger partial charge in [0.1, 0.15) is 0 Å². The Hall–Kier alpha value is -2.37. The fraction of sp³-hybridized carbons (Fsp3) is 0.250. The molecule has 0 spiro atoms. The molecular formula is C12H12N2O4. The molecule has 6 nitrogen and oxygen atoms in total. The van der Waals surface area contributed by atoms with Crippen molar-refractivity contribution in [3.05, 3.63) is 45.1 Å². The first kappa shape index (κ1) is 12.1. The Kier molecular flexibility index (Phi) is 3.01. The average molecular weight is 248 g/mol. The van der Waals surface area contributed by atoms with Gasteiger partial charge in [0.15, 0.2) is 0 Å². The molecule has 0 atom stereocenters. The van der Waals surface area contributed by atoms with E-state index < -0.39 is 17.2 Å². The Morgan fingerprint density at radius 1 is 1.28 bits per heavy atom. The zero-order valence-corrected chi connectivity index (χ0v) is 9.79. The predicted molar refractivity (Wildman–Crippen MR) is 65.7 cm³/mol. The van der Waals surface area contributed by atoms with E-state index in [2.05, 4.69) is 0 Å². The minimum Gasteiger partial charge on any atom is -0.481 e. The summed E-state index contributed by atoms with van der Waals surface area (Å²) in [6.07, 6.45) is -0.256. The first-order valence-corrected chi connectivity index (χ1v) is 5.42. The molecule has 18 heavy (non-hydrogen) atoms. The van der Waals surface area contributed by atoms with E-state index in [9.17, 15) is 14.4 Å². The highest BCUT2D eigenvalue weighted by Crippen LogP contribution is 2.05. The topological polar surface area (TPSA) is 81.3 Å². The standard InChI is InChI=1S/C12H12N2O4/c1-13-9-5-3-2-4-8(9)11(17)14(12(13)18)7-6-10(15)16/h2-5H,6-7H2,1H3,(H,15,16). The van der Waals surface area contributed by atoms with Crippen molar-refractivity contribution >= 4 is 16.9 Å². The van der Waals surface area contributed by atoms with Crippen molar-refractivity contribution in [2.45, 2.75) is 13.0 Å². The van der Waals surface area contributed by atoms with Gasteiger partial charge in [-0.3, -0.25) is 18.7 Å². The van der Waals surface area contributed by atoms with Gasteiger partial charge in [-0.05, 0) is 12.1 Å². The second-order valence-electron chi connectivity index (χ2n) is 3.96. The van der Waals surface area contributed by atoms with Crippen LogP contribution in [0.5, 0.6) is 0 Å². The lowest BCUT2D eigenvalue weighted by Gasteiger charge is -2.09. The number of aryl methyl sites for hydroxylation is 1. The van der Waals surface area contributed by atoms with Crippen LogP contribution in [0.25, 0.3) is 10.9 Å². The van der Waals surface area contributed by atoms with Gasteiger partial charge in [0.2, 0.25) is 0 Å². The molecule has 1 N–H and O–H groups in total. The molecule has 2 aromatic rings. The van der Waals surface area contributed by atoms with Crippen molar-refractivity contribution in [1.82, 2.24) is 9.13 Å². The van der Waals surface area contributed by atoms with E-state index in [0.29, 0.717) is 10.9 Å². The van der Waals surface area contributed by atoms with Gasteiger partial charge in [-0.25, -0.2) is 4.79 Å². The molecule has 0 aliphatic heterocycles. The lowest BCUT2D eigenvalue weighted by atomic mass is 10.2. The van der Waals surface area contributed by atoms with Gasteiger partial charge in [-0.15, -0.1) is 0 Å². The summed E-state index contributed by atoms with van der Waals surface area (Å²) in [6.45, 7) is -0.119. The number of carboxylic acid groups (broad SMARTS) is 1. The van der Waals surface area contributed by atoms with Crippen molar-refractivity contribution in [2.75, 3.05) is 0 Å². The fourth-order valence-electron chi connectivity index (χ4n) is 1.87. The number of para-hydroxylation sites is 1. The minimum atomic E-state index is -1.04. The molecule has 0 unspecified atom stereocenters. The average Bonchev–Trinajstić information content (AvgIpc) is 2.36. The number of fused-ring (bicyclic) bond motifs is 1. The summed E-state index contributed by atoms with van der Waals surface area (Å²) in [5.41, 5.74) is -0.408. The fourth-order valence-corrected chi connectivity index (χ4v) is 1.87. The van der Waals surface area contributed by atoms with Gasteiger partial charge in [0.05, 0.1) is 17.3 Å². The predicted octanol–water partition coefficient (Wildman–Crippen LogP) is 0.175. The molecule has 0 amide bonds. The molecule has 0 saturated heterocycles. The Balaban J connectivity index is 2.71. The molecule has 2 rings (SSSR count). The van der Waals surface area contributed by atoms with Crippen LogP contribution in [0.4, 0.5) is 0 Å². The molecule has 1 heterocycles. The van der Waals surface area contributed by atoms with E-state index in [4.69, 9.17) is 5.11 Å². The summed E-state index contributed by atoms with van der Waals surface area (Å²) in [7, 11) is 1.56. The third-order valence-electron chi connectivity index (χ3n) is 2.81. The summed E-state index contributed by atoms with van der Waals surface area (Å²) in [5.74, 6) is -1.04.